The second-order valence-corrected chi connectivity index (χ2v) is 11.1. The third-order valence-corrected chi connectivity index (χ3v) is 6.90. The molecule has 0 spiro atoms. The molecule has 1 fully saturated rings. The molecule has 7 nitrogen and oxygen atoms in total. The van der Waals surface area contributed by atoms with E-state index in [1.807, 2.05) is 18.7 Å². The Morgan fingerprint density at radius 1 is 1.09 bits per heavy atom. The van der Waals surface area contributed by atoms with Gasteiger partial charge in [-0.3, -0.25) is 4.79 Å². The number of nitrogens with zero attached hydrogens (tertiary/aromatic N) is 2. The van der Waals surface area contributed by atoms with Crippen molar-refractivity contribution in [1.29, 1.82) is 0 Å². The number of carbonyl (C=O) groups excluding carboxylic acids is 2. The molecule has 1 aliphatic heterocycles. The highest BCUT2D eigenvalue weighted by molar-refractivity contribution is 7.90. The van der Waals surface area contributed by atoms with Crippen LogP contribution in [0.1, 0.15) is 42.6 Å². The molecule has 34 heavy (non-hydrogen) atoms. The van der Waals surface area contributed by atoms with E-state index < -0.39 is 15.7 Å². The third kappa shape index (κ3) is 5.94. The Labute approximate surface area is 200 Å². The van der Waals surface area contributed by atoms with Gasteiger partial charge in [0.1, 0.15) is 17.9 Å². The van der Waals surface area contributed by atoms with Crippen molar-refractivity contribution in [3.05, 3.63) is 53.3 Å². The second-order valence-electron chi connectivity index (χ2n) is 9.05. The summed E-state index contributed by atoms with van der Waals surface area (Å²) in [5.41, 5.74) is 1.24. The maximum Gasteiger partial charge on any atom is 0.257 e. The Kier molecular flexibility index (Phi) is 7.97. The van der Waals surface area contributed by atoms with Crippen LogP contribution in [0.3, 0.4) is 0 Å². The van der Waals surface area contributed by atoms with Crippen LogP contribution in [0, 0.1) is 11.7 Å². The molecule has 1 heterocycles. The maximum absolute atomic E-state index is 14.7. The van der Waals surface area contributed by atoms with Gasteiger partial charge in [0.25, 0.3) is 5.91 Å². The lowest BCUT2D eigenvalue weighted by Gasteiger charge is -2.36. The summed E-state index contributed by atoms with van der Waals surface area (Å²) >= 11 is 0. The summed E-state index contributed by atoms with van der Waals surface area (Å²) in [6.07, 6.45) is 1.87. The minimum atomic E-state index is -3.50. The number of hydrogen-bond acceptors (Lipinski definition) is 6. The van der Waals surface area contributed by atoms with Gasteiger partial charge in [-0.25, -0.2) is 12.8 Å². The van der Waals surface area contributed by atoms with Crippen LogP contribution in [0.25, 0.3) is 0 Å². The van der Waals surface area contributed by atoms with Crippen LogP contribution >= 0.6 is 0 Å². The van der Waals surface area contributed by atoms with Crippen molar-refractivity contribution in [2.45, 2.75) is 31.6 Å². The SMILES string of the molecule is CC(C)COc1ccc(S(C)(=O)=O)cc1C(=O)N1CCN(c2ccc(C(C)C=O)cc2F)CC1. The molecular formula is C25H31FN2O5S. The van der Waals surface area contributed by atoms with E-state index in [1.165, 1.54) is 24.3 Å². The first-order valence-corrected chi connectivity index (χ1v) is 13.2. The fourth-order valence-corrected chi connectivity index (χ4v) is 4.40. The van der Waals surface area contributed by atoms with Crippen LogP contribution in [0.2, 0.25) is 0 Å². The number of aldehydes is 1. The summed E-state index contributed by atoms with van der Waals surface area (Å²) in [5.74, 6) is -0.528. The smallest absolute Gasteiger partial charge is 0.257 e. The number of amides is 1. The quantitative estimate of drug-likeness (QED) is 0.527. The Hall–Kier alpha value is -2.94. The van der Waals surface area contributed by atoms with Crippen LogP contribution < -0.4 is 9.64 Å². The molecule has 184 valence electrons. The number of sulfone groups is 1. The zero-order valence-electron chi connectivity index (χ0n) is 20.0. The van der Waals surface area contributed by atoms with Crippen molar-refractivity contribution in [3.8, 4) is 5.75 Å². The average molecular weight is 491 g/mol. The van der Waals surface area contributed by atoms with Gasteiger partial charge in [-0.15, -0.1) is 0 Å². The lowest BCUT2D eigenvalue weighted by atomic mass is 10.0. The van der Waals surface area contributed by atoms with Crippen molar-refractivity contribution >= 4 is 27.7 Å². The van der Waals surface area contributed by atoms with Crippen LogP contribution in [0.5, 0.6) is 5.75 Å². The van der Waals surface area contributed by atoms with Crippen molar-refractivity contribution in [2.75, 3.05) is 43.9 Å². The van der Waals surface area contributed by atoms with Crippen LogP contribution in [-0.4, -0.2) is 64.6 Å². The van der Waals surface area contributed by atoms with E-state index in [2.05, 4.69) is 0 Å². The molecule has 0 saturated carbocycles. The van der Waals surface area contributed by atoms with Gasteiger partial charge >= 0.3 is 0 Å². The van der Waals surface area contributed by atoms with Gasteiger partial charge in [-0.1, -0.05) is 26.8 Å². The summed E-state index contributed by atoms with van der Waals surface area (Å²) < 4.78 is 44.6. The van der Waals surface area contributed by atoms with Gasteiger partial charge in [0.15, 0.2) is 9.84 Å². The maximum atomic E-state index is 14.7. The molecule has 1 saturated heterocycles. The molecule has 0 bridgehead atoms. The van der Waals surface area contributed by atoms with Crippen molar-refractivity contribution < 1.29 is 27.1 Å². The Morgan fingerprint density at radius 2 is 1.76 bits per heavy atom. The number of benzene rings is 2. The minimum absolute atomic E-state index is 0.0538. The lowest BCUT2D eigenvalue weighted by Crippen LogP contribution is -2.49. The summed E-state index contributed by atoms with van der Waals surface area (Å²) in [7, 11) is -3.50. The molecule has 0 radical (unpaired) electrons. The van der Waals surface area contributed by atoms with Gasteiger partial charge in [0.2, 0.25) is 0 Å². The number of piperazine rings is 1. The normalized spacial score (nSPS) is 15.4. The number of rotatable bonds is 8. The lowest BCUT2D eigenvalue weighted by molar-refractivity contribution is -0.108. The predicted octanol–water partition coefficient (Wildman–Crippen LogP) is 3.53. The molecule has 0 aliphatic carbocycles. The molecule has 0 N–H and O–H groups in total. The second kappa shape index (κ2) is 10.5. The number of hydrogen-bond donors (Lipinski definition) is 0. The molecule has 0 aromatic heterocycles. The number of carbonyl (C=O) groups is 2. The highest BCUT2D eigenvalue weighted by Crippen LogP contribution is 2.28. The molecule has 1 unspecified atom stereocenters. The minimum Gasteiger partial charge on any atom is -0.492 e. The average Bonchev–Trinajstić information content (AvgIpc) is 2.81. The van der Waals surface area contributed by atoms with E-state index in [1.54, 1.807) is 24.0 Å². The largest absolute Gasteiger partial charge is 0.492 e. The first kappa shape index (κ1) is 25.7. The van der Waals surface area contributed by atoms with E-state index in [-0.39, 0.29) is 28.2 Å². The molecule has 9 heteroatoms. The summed E-state index contributed by atoms with van der Waals surface area (Å²) in [6.45, 7) is 7.59. The van der Waals surface area contributed by atoms with Crippen molar-refractivity contribution in [1.82, 2.24) is 4.90 Å². The zero-order valence-corrected chi connectivity index (χ0v) is 20.8. The van der Waals surface area contributed by atoms with E-state index in [9.17, 15) is 22.4 Å². The molecule has 1 atom stereocenters. The Bertz CT molecular complexity index is 1160. The molecular weight excluding hydrogens is 459 g/mol. The monoisotopic (exact) mass is 490 g/mol. The first-order chi connectivity index (χ1) is 16.0. The molecule has 3 rings (SSSR count). The van der Waals surface area contributed by atoms with Crippen LogP contribution in [0.4, 0.5) is 10.1 Å². The van der Waals surface area contributed by atoms with Crippen LogP contribution in [0.15, 0.2) is 41.3 Å². The molecule has 1 amide bonds. The molecule has 2 aromatic carbocycles. The van der Waals surface area contributed by atoms with Gasteiger partial charge in [0.05, 0.1) is 22.8 Å². The Morgan fingerprint density at radius 3 is 2.32 bits per heavy atom. The third-order valence-electron chi connectivity index (χ3n) is 5.79. The topological polar surface area (TPSA) is 84.0 Å². The summed E-state index contributed by atoms with van der Waals surface area (Å²) in [5, 5.41) is 0. The van der Waals surface area contributed by atoms with Gasteiger partial charge < -0.3 is 19.3 Å². The fourth-order valence-electron chi connectivity index (χ4n) is 3.75. The van der Waals surface area contributed by atoms with Crippen molar-refractivity contribution in [3.63, 3.8) is 0 Å². The zero-order chi connectivity index (χ0) is 25.0. The van der Waals surface area contributed by atoms with E-state index in [0.717, 1.165) is 12.5 Å². The van der Waals surface area contributed by atoms with Gasteiger partial charge in [-0.2, -0.15) is 0 Å². The number of halogens is 1. The van der Waals surface area contributed by atoms with E-state index in [4.69, 9.17) is 4.74 Å². The highest BCUT2D eigenvalue weighted by Gasteiger charge is 2.27. The van der Waals surface area contributed by atoms with E-state index >= 15 is 0 Å². The molecule has 1 aliphatic rings. The Balaban J connectivity index is 1.78. The van der Waals surface area contributed by atoms with Gasteiger partial charge in [0, 0.05) is 38.4 Å². The number of ether oxygens (including phenoxy) is 1. The fraction of sp³-hybridized carbons (Fsp3) is 0.440. The number of anilines is 1. The highest BCUT2D eigenvalue weighted by atomic mass is 32.2. The standard InChI is InChI=1S/C25H31FN2O5S/c1-17(2)16-33-24-8-6-20(34(4,31)32)14-21(24)25(30)28-11-9-27(10-12-28)23-7-5-19(13-22(23)26)18(3)15-29/h5-8,13-15,17-18H,9-12,16H2,1-4H3. The molecule has 2 aromatic rings. The van der Waals surface area contributed by atoms with Crippen molar-refractivity contribution in [2.24, 2.45) is 5.92 Å². The van der Waals surface area contributed by atoms with E-state index in [0.29, 0.717) is 49.8 Å². The summed E-state index contributed by atoms with van der Waals surface area (Å²) in [4.78, 5) is 27.9. The van der Waals surface area contributed by atoms with Gasteiger partial charge in [-0.05, 0) is 41.8 Å². The van der Waals surface area contributed by atoms with Crippen LogP contribution in [-0.2, 0) is 14.6 Å². The predicted molar refractivity (Wildman–Crippen MR) is 129 cm³/mol. The summed E-state index contributed by atoms with van der Waals surface area (Å²) in [6, 6.07) is 9.12. The first-order valence-electron chi connectivity index (χ1n) is 11.3.